The molecule has 1 atom stereocenters. The van der Waals surface area contributed by atoms with E-state index in [0.29, 0.717) is 37.8 Å². The summed E-state index contributed by atoms with van der Waals surface area (Å²) in [5.41, 5.74) is -0.758. The zero-order valence-corrected chi connectivity index (χ0v) is 19.8. The van der Waals surface area contributed by atoms with Gasteiger partial charge in [-0.05, 0) is 31.9 Å². The van der Waals surface area contributed by atoms with Crippen LogP contribution in [0.4, 0.5) is 19.1 Å². The number of nitrogens with zero attached hydrogens (tertiary/aromatic N) is 7. The molecule has 186 valence electrons. The normalized spacial score (nSPS) is 19.9. The van der Waals surface area contributed by atoms with E-state index in [1.54, 1.807) is 30.2 Å². The second kappa shape index (κ2) is 9.31. The lowest BCUT2D eigenvalue weighted by Crippen LogP contribution is -2.42. The lowest BCUT2D eigenvalue weighted by molar-refractivity contribution is -0.137. The van der Waals surface area contributed by atoms with E-state index in [1.165, 1.54) is 21.5 Å². The number of piperidine rings is 1. The molecule has 14 heteroatoms. The van der Waals surface area contributed by atoms with Gasteiger partial charge in [-0.1, -0.05) is 6.08 Å². The molecular formula is C21H23F3N8O2S. The molecule has 2 aromatic heterocycles. The summed E-state index contributed by atoms with van der Waals surface area (Å²) in [6.45, 7) is 2.37. The Morgan fingerprint density at radius 1 is 1.23 bits per heavy atom. The molecule has 2 aromatic rings. The van der Waals surface area contributed by atoms with Crippen LogP contribution in [-0.4, -0.2) is 63.8 Å². The van der Waals surface area contributed by atoms with Gasteiger partial charge in [0.2, 0.25) is 16.0 Å². The fraction of sp³-hybridized carbons (Fsp3) is 0.429. The van der Waals surface area contributed by atoms with Crippen LogP contribution in [0.5, 0.6) is 0 Å². The van der Waals surface area contributed by atoms with Crippen molar-refractivity contribution in [1.29, 1.82) is 5.26 Å². The summed E-state index contributed by atoms with van der Waals surface area (Å²) in [6, 6.07) is 1.28. The van der Waals surface area contributed by atoms with Gasteiger partial charge in [0.25, 0.3) is 0 Å². The Morgan fingerprint density at radius 2 is 1.94 bits per heavy atom. The van der Waals surface area contributed by atoms with Crippen molar-refractivity contribution in [1.82, 2.24) is 23.9 Å². The molecule has 0 bridgehead atoms. The quantitative estimate of drug-likeness (QED) is 0.654. The summed E-state index contributed by atoms with van der Waals surface area (Å²) in [6.07, 6.45) is 5.95. The second-order valence-corrected chi connectivity index (χ2v) is 10.3. The summed E-state index contributed by atoms with van der Waals surface area (Å²) in [5, 5.41) is 14.1. The van der Waals surface area contributed by atoms with Crippen LogP contribution in [0.3, 0.4) is 0 Å². The third-order valence-corrected chi connectivity index (χ3v) is 7.10. The number of aromatic nitrogens is 4. The van der Waals surface area contributed by atoms with Gasteiger partial charge in [0, 0.05) is 31.0 Å². The fourth-order valence-electron chi connectivity index (χ4n) is 4.02. The molecule has 1 fully saturated rings. The maximum atomic E-state index is 13.8. The summed E-state index contributed by atoms with van der Waals surface area (Å²) >= 11 is 0. The van der Waals surface area contributed by atoms with E-state index >= 15 is 0 Å². The minimum Gasteiger partial charge on any atom is -0.351 e. The molecule has 35 heavy (non-hydrogen) atoms. The molecule has 1 unspecified atom stereocenters. The van der Waals surface area contributed by atoms with Crippen molar-refractivity contribution >= 4 is 16.0 Å². The summed E-state index contributed by atoms with van der Waals surface area (Å²) < 4.78 is 67.5. The molecule has 4 heterocycles. The largest absolute Gasteiger partial charge is 0.420 e. The van der Waals surface area contributed by atoms with Crippen LogP contribution in [0.25, 0.3) is 11.4 Å². The van der Waals surface area contributed by atoms with E-state index in [0.717, 1.165) is 6.26 Å². The highest BCUT2D eigenvalue weighted by molar-refractivity contribution is 7.88. The molecular weight excluding hydrogens is 485 g/mol. The first-order valence-electron chi connectivity index (χ1n) is 10.7. The minimum atomic E-state index is -4.71. The predicted molar refractivity (Wildman–Crippen MR) is 122 cm³/mol. The topological polar surface area (TPSA) is 120 Å². The Balaban J connectivity index is 1.61. The average Bonchev–Trinajstić information content (AvgIpc) is 3.27. The van der Waals surface area contributed by atoms with Crippen LogP contribution in [0, 0.1) is 11.3 Å². The van der Waals surface area contributed by atoms with Gasteiger partial charge in [-0.15, -0.1) is 0 Å². The molecule has 0 aromatic carbocycles. The smallest absolute Gasteiger partial charge is 0.351 e. The number of alkyl halides is 3. The van der Waals surface area contributed by atoms with Gasteiger partial charge < -0.3 is 5.32 Å². The van der Waals surface area contributed by atoms with Gasteiger partial charge in [-0.25, -0.2) is 32.4 Å². The predicted octanol–water partition coefficient (Wildman–Crippen LogP) is 2.50. The second-order valence-electron chi connectivity index (χ2n) is 8.28. The molecule has 1 saturated heterocycles. The Bertz CT molecular complexity index is 1300. The number of nitrogens with one attached hydrogen (secondary N) is 1. The van der Waals surface area contributed by atoms with Crippen molar-refractivity contribution in [2.75, 3.05) is 29.7 Å². The molecule has 0 spiro atoms. The fourth-order valence-corrected chi connectivity index (χ4v) is 4.90. The van der Waals surface area contributed by atoms with Crippen LogP contribution >= 0.6 is 0 Å². The molecule has 0 saturated carbocycles. The number of halogens is 3. The van der Waals surface area contributed by atoms with Gasteiger partial charge in [0.05, 0.1) is 18.5 Å². The maximum absolute atomic E-state index is 13.8. The lowest BCUT2D eigenvalue weighted by atomic mass is 10.1. The van der Waals surface area contributed by atoms with Crippen molar-refractivity contribution in [3.63, 3.8) is 0 Å². The first-order chi connectivity index (χ1) is 16.5. The molecule has 4 rings (SSSR count). The summed E-state index contributed by atoms with van der Waals surface area (Å²) in [5.74, 6) is -0.00719. The van der Waals surface area contributed by atoms with Gasteiger partial charge in [0.1, 0.15) is 23.3 Å². The standard InChI is InChI=1S/C21H23F3N8O2S/c1-14-4-3-5-16(10-25)32(14)30-12-18(27-13-30)19-17(21(22,23)24)11-26-20(29-19)28-15-6-8-31(9-7-15)35(2,33)34/h3-5,11-13,15-16H,6-9H2,1-2H3,(H,26,28,29). The Morgan fingerprint density at radius 3 is 2.57 bits per heavy atom. The maximum Gasteiger partial charge on any atom is 0.420 e. The molecule has 0 aliphatic carbocycles. The van der Waals surface area contributed by atoms with Crippen molar-refractivity contribution in [2.24, 2.45) is 0 Å². The summed E-state index contributed by atoms with van der Waals surface area (Å²) in [4.78, 5) is 12.1. The zero-order chi connectivity index (χ0) is 25.4. The molecule has 2 aliphatic rings. The van der Waals surface area contributed by atoms with E-state index in [9.17, 15) is 26.9 Å². The number of anilines is 1. The van der Waals surface area contributed by atoms with E-state index < -0.39 is 33.5 Å². The number of nitriles is 1. The van der Waals surface area contributed by atoms with Crippen molar-refractivity contribution in [2.45, 2.75) is 38.0 Å². The van der Waals surface area contributed by atoms with Crippen molar-refractivity contribution in [3.8, 4) is 17.5 Å². The molecule has 2 aliphatic heterocycles. The molecule has 0 amide bonds. The molecule has 1 N–H and O–H groups in total. The highest BCUT2D eigenvalue weighted by atomic mass is 32.2. The van der Waals surface area contributed by atoms with Crippen LogP contribution < -0.4 is 10.3 Å². The van der Waals surface area contributed by atoms with Crippen LogP contribution in [-0.2, 0) is 16.2 Å². The molecule has 0 radical (unpaired) electrons. The van der Waals surface area contributed by atoms with Crippen LogP contribution in [0.1, 0.15) is 25.3 Å². The third-order valence-electron chi connectivity index (χ3n) is 5.80. The van der Waals surface area contributed by atoms with Crippen molar-refractivity contribution < 1.29 is 21.6 Å². The first-order valence-corrected chi connectivity index (χ1v) is 12.6. The minimum absolute atomic E-state index is 0.00719. The zero-order valence-electron chi connectivity index (χ0n) is 18.9. The van der Waals surface area contributed by atoms with Crippen LogP contribution in [0.2, 0.25) is 0 Å². The van der Waals surface area contributed by atoms with E-state index in [2.05, 4.69) is 26.3 Å². The number of sulfonamides is 1. The third kappa shape index (κ3) is 5.30. The average molecular weight is 509 g/mol. The molecule has 10 nitrogen and oxygen atoms in total. The van der Waals surface area contributed by atoms with E-state index in [4.69, 9.17) is 0 Å². The Labute approximate surface area is 200 Å². The number of imidazole rings is 1. The van der Waals surface area contributed by atoms with Gasteiger partial charge in [-0.2, -0.15) is 18.4 Å². The highest BCUT2D eigenvalue weighted by Crippen LogP contribution is 2.36. The van der Waals surface area contributed by atoms with E-state index in [-0.39, 0.29) is 17.7 Å². The Kier molecular flexibility index (Phi) is 6.56. The monoisotopic (exact) mass is 508 g/mol. The Hall–Kier alpha value is -3.44. The number of rotatable bonds is 5. The van der Waals surface area contributed by atoms with Crippen molar-refractivity contribution in [3.05, 3.63) is 48.2 Å². The highest BCUT2D eigenvalue weighted by Gasteiger charge is 2.36. The first kappa shape index (κ1) is 24.7. The van der Waals surface area contributed by atoms with Gasteiger partial charge in [0.15, 0.2) is 6.04 Å². The van der Waals surface area contributed by atoms with Crippen LogP contribution in [0.15, 0.2) is 42.6 Å². The van der Waals surface area contributed by atoms with Gasteiger partial charge >= 0.3 is 6.18 Å². The SMILES string of the molecule is CC1=CC=CC(C#N)N1n1cnc(-c2nc(NC3CCN(S(C)(=O)=O)CC3)ncc2C(F)(F)F)c1. The van der Waals surface area contributed by atoms with Gasteiger partial charge in [-0.3, -0.25) is 5.01 Å². The van der Waals surface area contributed by atoms with E-state index in [1.807, 2.05) is 0 Å². The number of allylic oxidation sites excluding steroid dienone is 3. The number of hydrogen-bond acceptors (Lipinski definition) is 8. The summed E-state index contributed by atoms with van der Waals surface area (Å²) in [7, 11) is -3.30. The lowest BCUT2D eigenvalue weighted by Gasteiger charge is -2.30. The number of hydrogen-bond donors (Lipinski definition) is 1.